The Hall–Kier alpha value is -4.53. The van der Waals surface area contributed by atoms with Gasteiger partial charge in [0.2, 0.25) is 12.6 Å². The molecule has 2 saturated carbocycles. The van der Waals surface area contributed by atoms with E-state index in [9.17, 15) is 24.3 Å². The van der Waals surface area contributed by atoms with Gasteiger partial charge in [-0.1, -0.05) is 54.8 Å². The zero-order chi connectivity index (χ0) is 39.4. The van der Waals surface area contributed by atoms with E-state index in [0.29, 0.717) is 48.3 Å². The van der Waals surface area contributed by atoms with Gasteiger partial charge in [-0.05, 0) is 94.0 Å². The molecular formula is C40H50ClNO13. The predicted molar refractivity (Wildman–Crippen MR) is 197 cm³/mol. The van der Waals surface area contributed by atoms with Gasteiger partial charge in [-0.25, -0.2) is 19.2 Å². The SMILES string of the molecule is CC(OC(=O)OC1CCCCC1)OC(=O)C1(C(=O)OC(C)OC(=O)OC2CCCCC2)OC=C(c2cccc(C[C@@H](C)NCC(O)c3cccc(Cl)c3)c2)O1. The fraction of sp³-hybridized carbons (Fsp3) is 0.550. The summed E-state index contributed by atoms with van der Waals surface area (Å²) in [5.74, 6) is -5.66. The van der Waals surface area contributed by atoms with E-state index in [4.69, 9.17) is 49.5 Å². The van der Waals surface area contributed by atoms with Crippen molar-refractivity contribution in [3.63, 3.8) is 0 Å². The van der Waals surface area contributed by atoms with Crippen molar-refractivity contribution in [3.05, 3.63) is 76.5 Å². The van der Waals surface area contributed by atoms with Crippen molar-refractivity contribution in [1.29, 1.82) is 0 Å². The van der Waals surface area contributed by atoms with E-state index in [1.165, 1.54) is 13.8 Å². The first-order valence-electron chi connectivity index (χ1n) is 18.9. The Balaban J connectivity index is 1.23. The highest BCUT2D eigenvalue weighted by Crippen LogP contribution is 2.35. The molecule has 14 nitrogen and oxygen atoms in total. The van der Waals surface area contributed by atoms with Gasteiger partial charge in [-0.3, -0.25) is 0 Å². The van der Waals surface area contributed by atoms with Crippen LogP contribution in [0.25, 0.3) is 5.76 Å². The largest absolute Gasteiger partial charge is 0.511 e. The van der Waals surface area contributed by atoms with Gasteiger partial charge in [0.15, 0.2) is 5.76 Å². The molecule has 2 aliphatic carbocycles. The van der Waals surface area contributed by atoms with Gasteiger partial charge in [-0.2, -0.15) is 0 Å². The van der Waals surface area contributed by atoms with Gasteiger partial charge < -0.3 is 48.3 Å². The molecule has 0 saturated heterocycles. The van der Waals surface area contributed by atoms with Crippen molar-refractivity contribution < 1.29 is 62.2 Å². The van der Waals surface area contributed by atoms with Crippen molar-refractivity contribution in [1.82, 2.24) is 5.32 Å². The molecule has 2 aromatic rings. The molecule has 300 valence electrons. The van der Waals surface area contributed by atoms with Gasteiger partial charge in [0.25, 0.3) is 0 Å². The lowest BCUT2D eigenvalue weighted by Crippen LogP contribution is -2.52. The number of ether oxygens (including phenoxy) is 8. The van der Waals surface area contributed by atoms with Crippen molar-refractivity contribution in [2.45, 2.75) is 134 Å². The second-order valence-electron chi connectivity index (χ2n) is 14.0. The number of hydrogen-bond donors (Lipinski definition) is 2. The Morgan fingerprint density at radius 1 is 0.800 bits per heavy atom. The lowest BCUT2D eigenvalue weighted by Gasteiger charge is -2.27. The van der Waals surface area contributed by atoms with Gasteiger partial charge in [0.1, 0.15) is 18.5 Å². The molecule has 3 aliphatic rings. The Bertz CT molecular complexity index is 1600. The van der Waals surface area contributed by atoms with Crippen LogP contribution in [0.3, 0.4) is 0 Å². The first-order chi connectivity index (χ1) is 26.4. The van der Waals surface area contributed by atoms with Crippen molar-refractivity contribution in [2.24, 2.45) is 0 Å². The lowest BCUT2D eigenvalue weighted by molar-refractivity contribution is -0.236. The number of halogens is 1. The average molecular weight is 788 g/mol. The lowest BCUT2D eigenvalue weighted by atomic mass is 9.98. The van der Waals surface area contributed by atoms with E-state index in [1.54, 1.807) is 42.5 Å². The summed E-state index contributed by atoms with van der Waals surface area (Å²) >= 11 is 6.07. The molecule has 0 amide bonds. The highest BCUT2D eigenvalue weighted by Gasteiger charge is 2.59. The number of aliphatic hydroxyl groups is 1. The van der Waals surface area contributed by atoms with Crippen LogP contribution in [-0.2, 0) is 53.9 Å². The maximum Gasteiger partial charge on any atom is 0.511 e. The first kappa shape index (κ1) is 41.6. The highest BCUT2D eigenvalue weighted by atomic mass is 35.5. The Labute approximate surface area is 325 Å². The van der Waals surface area contributed by atoms with Crippen molar-refractivity contribution in [3.8, 4) is 0 Å². The average Bonchev–Trinajstić information content (AvgIpc) is 3.62. The fourth-order valence-corrected chi connectivity index (χ4v) is 6.82. The van der Waals surface area contributed by atoms with Crippen molar-refractivity contribution >= 4 is 41.6 Å². The molecule has 2 aromatic carbocycles. The summed E-state index contributed by atoms with van der Waals surface area (Å²) < 4.78 is 43.1. The molecule has 4 atom stereocenters. The van der Waals surface area contributed by atoms with E-state index in [2.05, 4.69) is 5.32 Å². The molecule has 0 aromatic heterocycles. The maximum atomic E-state index is 13.7. The molecule has 55 heavy (non-hydrogen) atoms. The minimum absolute atomic E-state index is 0.0108. The number of nitrogens with one attached hydrogen (secondary N) is 1. The summed E-state index contributed by atoms with van der Waals surface area (Å²) in [4.78, 5) is 52.3. The van der Waals surface area contributed by atoms with E-state index in [1.807, 2.05) is 13.0 Å². The zero-order valence-corrected chi connectivity index (χ0v) is 32.1. The second kappa shape index (κ2) is 19.9. The molecule has 5 rings (SSSR count). The molecule has 0 bridgehead atoms. The van der Waals surface area contributed by atoms with Crippen LogP contribution in [0, 0.1) is 0 Å². The van der Waals surface area contributed by atoms with Gasteiger partial charge >= 0.3 is 30.0 Å². The number of benzene rings is 2. The number of rotatable bonds is 15. The number of esters is 2. The standard InChI is InChI=1S/C40H50ClNO13/c1-25(42-23-34(43)29-13-11-15-31(41)22-29)20-28-12-10-14-30(21-28)35-24-48-40(55-35,36(44)49-26(2)51-38(46)53-32-16-6-4-7-17-32)37(45)50-27(3)52-39(47)54-33-18-8-5-9-19-33/h10-15,21-22,24-27,32-34,42-43H,4-9,16-20,23H2,1-3H3/t25-,26?,27?,34?,40?/m1/s1. The van der Waals surface area contributed by atoms with Crippen molar-refractivity contribution in [2.75, 3.05) is 6.54 Å². The summed E-state index contributed by atoms with van der Waals surface area (Å²) in [5, 5.41) is 14.5. The zero-order valence-electron chi connectivity index (χ0n) is 31.4. The van der Waals surface area contributed by atoms with Crippen LogP contribution < -0.4 is 5.32 Å². The highest BCUT2D eigenvalue weighted by molar-refractivity contribution is 6.30. The number of aliphatic hydroxyl groups excluding tert-OH is 1. The van der Waals surface area contributed by atoms with Crippen LogP contribution in [0.15, 0.2) is 54.8 Å². The van der Waals surface area contributed by atoms with Crippen LogP contribution in [0.4, 0.5) is 9.59 Å². The number of hydrogen-bond acceptors (Lipinski definition) is 14. The summed E-state index contributed by atoms with van der Waals surface area (Å²) in [6, 6.07) is 14.1. The minimum Gasteiger partial charge on any atom is -0.439 e. The number of carbonyl (C=O) groups excluding carboxylic acids is 4. The molecule has 3 unspecified atom stereocenters. The molecular weight excluding hydrogens is 738 g/mol. The predicted octanol–water partition coefficient (Wildman–Crippen LogP) is 7.39. The third-order valence-electron chi connectivity index (χ3n) is 9.47. The Morgan fingerprint density at radius 2 is 1.36 bits per heavy atom. The van der Waals surface area contributed by atoms with E-state index in [-0.39, 0.29) is 30.6 Å². The minimum atomic E-state index is -2.85. The second-order valence-corrected chi connectivity index (χ2v) is 14.5. The number of carbonyl (C=O) groups is 4. The van der Waals surface area contributed by atoms with E-state index < -0.39 is 48.7 Å². The van der Waals surface area contributed by atoms with Gasteiger partial charge in [0, 0.05) is 37.0 Å². The summed E-state index contributed by atoms with van der Waals surface area (Å²) in [7, 11) is 0. The molecule has 1 aliphatic heterocycles. The van der Waals surface area contributed by atoms with Crippen LogP contribution in [0.2, 0.25) is 5.02 Å². The van der Waals surface area contributed by atoms with Crippen LogP contribution >= 0.6 is 11.6 Å². The molecule has 0 radical (unpaired) electrons. The smallest absolute Gasteiger partial charge is 0.439 e. The monoisotopic (exact) mass is 787 g/mol. The molecule has 2 N–H and O–H groups in total. The molecule has 0 spiro atoms. The third kappa shape index (κ3) is 12.2. The van der Waals surface area contributed by atoms with Crippen LogP contribution in [-0.4, -0.2) is 72.5 Å². The topological polar surface area (TPSA) is 174 Å². The van der Waals surface area contributed by atoms with Gasteiger partial charge in [0.05, 0.1) is 6.10 Å². The molecule has 2 fully saturated rings. The summed E-state index contributed by atoms with van der Waals surface area (Å²) in [5.41, 5.74) is 2.01. The quantitative estimate of drug-likeness (QED) is 0.0791. The maximum absolute atomic E-state index is 13.7. The Morgan fingerprint density at radius 3 is 1.93 bits per heavy atom. The molecule has 15 heteroatoms. The Kier molecular flexibility index (Phi) is 15.0. The van der Waals surface area contributed by atoms with Crippen LogP contribution in [0.1, 0.15) is 108 Å². The van der Waals surface area contributed by atoms with E-state index >= 15 is 0 Å². The summed E-state index contributed by atoms with van der Waals surface area (Å²) in [6.07, 6.45) is 3.73. The summed E-state index contributed by atoms with van der Waals surface area (Å²) in [6.45, 7) is 4.78. The van der Waals surface area contributed by atoms with E-state index in [0.717, 1.165) is 50.4 Å². The first-order valence-corrected chi connectivity index (χ1v) is 19.3. The molecule has 1 heterocycles. The fourth-order valence-electron chi connectivity index (χ4n) is 6.62. The van der Waals surface area contributed by atoms with Gasteiger partial charge in [-0.15, -0.1) is 0 Å². The van der Waals surface area contributed by atoms with Crippen LogP contribution in [0.5, 0.6) is 0 Å². The third-order valence-corrected chi connectivity index (χ3v) is 9.71. The normalized spacial score (nSPS) is 21.0.